The van der Waals surface area contributed by atoms with Crippen LogP contribution >= 0.6 is 11.6 Å². The molecule has 1 unspecified atom stereocenters. The van der Waals surface area contributed by atoms with Gasteiger partial charge in [-0.25, -0.2) is 13.1 Å². The summed E-state index contributed by atoms with van der Waals surface area (Å²) >= 11 is 6.42. The number of allylic oxidation sites excluding steroid dienone is 1. The molecule has 1 saturated carbocycles. The Balaban J connectivity index is 1.49. The fraction of sp³-hybridized carbons (Fsp3) is 0.543. The third kappa shape index (κ3) is 5.59. The molecule has 4 aliphatic rings. The van der Waals surface area contributed by atoms with E-state index in [0.717, 1.165) is 44.1 Å². The predicted molar refractivity (Wildman–Crippen MR) is 176 cm³/mol. The number of hydrogen-bond acceptors (Lipinski definition) is 7. The van der Waals surface area contributed by atoms with E-state index in [2.05, 4.69) is 28.7 Å². The molecule has 8 nitrogen and oxygen atoms in total. The average Bonchev–Trinajstić information content (AvgIpc) is 3.15. The van der Waals surface area contributed by atoms with Crippen molar-refractivity contribution in [3.63, 3.8) is 0 Å². The van der Waals surface area contributed by atoms with Crippen molar-refractivity contribution >= 4 is 39.5 Å². The first-order valence-corrected chi connectivity index (χ1v) is 17.8. The van der Waals surface area contributed by atoms with E-state index in [1.807, 2.05) is 25.1 Å². The summed E-state index contributed by atoms with van der Waals surface area (Å²) in [5.74, 6) is -0.430. The third-order valence-electron chi connectivity index (χ3n) is 11.2. The van der Waals surface area contributed by atoms with Crippen LogP contribution in [0.1, 0.15) is 74.4 Å². The largest absolute Gasteiger partial charge is 0.490 e. The first-order valence-electron chi connectivity index (χ1n) is 15.9. The third-order valence-corrected chi connectivity index (χ3v) is 13.3. The Kier molecular flexibility index (Phi) is 8.36. The van der Waals surface area contributed by atoms with Crippen LogP contribution in [0.5, 0.6) is 5.75 Å². The maximum atomic E-state index is 13.5. The van der Waals surface area contributed by atoms with Gasteiger partial charge in [-0.15, -0.1) is 0 Å². The number of aryl methyl sites for hydroxylation is 1. The van der Waals surface area contributed by atoms with Crippen molar-refractivity contribution in [1.82, 2.24) is 4.72 Å². The van der Waals surface area contributed by atoms with Gasteiger partial charge >= 0.3 is 0 Å². The molecule has 6 rings (SSSR count). The lowest BCUT2D eigenvalue weighted by Crippen LogP contribution is -2.59. The van der Waals surface area contributed by atoms with Gasteiger partial charge in [0.2, 0.25) is 10.0 Å². The number of carbonyl (C=O) groups is 2. The van der Waals surface area contributed by atoms with Crippen molar-refractivity contribution in [2.24, 2.45) is 17.3 Å². The smallest absolute Gasteiger partial charge is 0.264 e. The number of halogens is 1. The van der Waals surface area contributed by atoms with Gasteiger partial charge < -0.3 is 14.4 Å². The molecule has 1 spiro atoms. The predicted octanol–water partition coefficient (Wildman–Crippen LogP) is 5.86. The topological polar surface area (TPSA) is 102 Å². The zero-order valence-electron chi connectivity index (χ0n) is 26.5. The van der Waals surface area contributed by atoms with Crippen LogP contribution < -0.4 is 14.4 Å². The summed E-state index contributed by atoms with van der Waals surface area (Å²) in [6, 6.07) is 11.3. The first-order chi connectivity index (χ1) is 21.4. The zero-order chi connectivity index (χ0) is 32.2. The van der Waals surface area contributed by atoms with Crippen LogP contribution in [0.2, 0.25) is 5.02 Å². The molecular formula is C35H43ClN2O6S. The summed E-state index contributed by atoms with van der Waals surface area (Å²) in [6.07, 6.45) is 9.58. The van der Waals surface area contributed by atoms with Crippen molar-refractivity contribution in [2.45, 2.75) is 75.6 Å². The monoisotopic (exact) mass is 654 g/mol. The fourth-order valence-corrected chi connectivity index (χ4v) is 9.63. The Morgan fingerprint density at radius 1 is 1.13 bits per heavy atom. The number of amides is 1. The molecule has 0 radical (unpaired) electrons. The van der Waals surface area contributed by atoms with Crippen LogP contribution in [-0.4, -0.2) is 58.3 Å². The second-order valence-electron chi connectivity index (χ2n) is 14.0. The molecule has 2 heterocycles. The van der Waals surface area contributed by atoms with Crippen LogP contribution in [0.4, 0.5) is 5.69 Å². The normalized spacial score (nSPS) is 35.1. The van der Waals surface area contributed by atoms with E-state index in [-0.39, 0.29) is 28.2 Å². The molecule has 1 amide bonds. The molecule has 2 aromatic carbocycles. The Hall–Kier alpha value is -2.88. The van der Waals surface area contributed by atoms with E-state index in [4.69, 9.17) is 21.1 Å². The second kappa shape index (κ2) is 11.7. The number of anilines is 1. The number of nitrogens with one attached hydrogen (secondary N) is 1. The summed E-state index contributed by atoms with van der Waals surface area (Å²) < 4.78 is 41.5. The maximum absolute atomic E-state index is 13.5. The summed E-state index contributed by atoms with van der Waals surface area (Å²) in [5.41, 5.74) is 1.68. The quantitative estimate of drug-likeness (QED) is 0.320. The molecule has 10 heteroatoms. The highest BCUT2D eigenvalue weighted by atomic mass is 35.5. The minimum Gasteiger partial charge on any atom is -0.490 e. The second-order valence-corrected chi connectivity index (χ2v) is 16.5. The first kappa shape index (κ1) is 32.1. The maximum Gasteiger partial charge on any atom is 0.264 e. The Labute approximate surface area is 271 Å². The van der Waals surface area contributed by atoms with E-state index in [9.17, 15) is 18.0 Å². The summed E-state index contributed by atoms with van der Waals surface area (Å²) in [5, 5.41) is -0.132. The molecule has 1 N–H and O–H groups in total. The number of rotatable bonds is 2. The lowest BCUT2D eigenvalue weighted by atomic mass is 9.54. The number of fused-ring (bicyclic) bond motifs is 4. The molecule has 2 aliphatic heterocycles. The van der Waals surface area contributed by atoms with E-state index in [0.29, 0.717) is 36.9 Å². The van der Waals surface area contributed by atoms with Crippen molar-refractivity contribution in [3.05, 3.63) is 70.3 Å². The summed E-state index contributed by atoms with van der Waals surface area (Å²) in [7, 11) is -2.41. The number of ether oxygens (including phenoxy) is 2. The highest BCUT2D eigenvalue weighted by molar-refractivity contribution is 7.90. The number of sulfonamides is 1. The molecule has 6 atom stereocenters. The van der Waals surface area contributed by atoms with Gasteiger partial charge in [0.05, 0.1) is 17.5 Å². The van der Waals surface area contributed by atoms with Crippen molar-refractivity contribution < 1.29 is 27.5 Å². The van der Waals surface area contributed by atoms with E-state index in [1.54, 1.807) is 32.2 Å². The van der Waals surface area contributed by atoms with Gasteiger partial charge in [0.1, 0.15) is 11.4 Å². The summed E-state index contributed by atoms with van der Waals surface area (Å²) in [6.45, 7) is 7.34. The van der Waals surface area contributed by atoms with Crippen molar-refractivity contribution in [2.75, 3.05) is 31.7 Å². The number of methoxy groups -OCH3 is 1. The Morgan fingerprint density at radius 3 is 2.64 bits per heavy atom. The van der Waals surface area contributed by atoms with Gasteiger partial charge in [0.25, 0.3) is 5.91 Å². The highest BCUT2D eigenvalue weighted by Gasteiger charge is 2.55. The molecule has 2 aromatic rings. The van der Waals surface area contributed by atoms with Gasteiger partial charge in [-0.05, 0) is 104 Å². The van der Waals surface area contributed by atoms with Gasteiger partial charge in [-0.3, -0.25) is 9.59 Å². The van der Waals surface area contributed by atoms with Crippen LogP contribution in [-0.2, 0) is 31.4 Å². The van der Waals surface area contributed by atoms with Crippen molar-refractivity contribution in [3.8, 4) is 5.75 Å². The molecule has 1 fully saturated rings. The molecule has 0 aromatic heterocycles. The van der Waals surface area contributed by atoms with E-state index in [1.165, 1.54) is 11.1 Å². The lowest BCUT2D eigenvalue weighted by Gasteiger charge is -2.55. The standard InChI is InChI=1S/C35H43ClN2O6S/c1-23-7-5-15-35(21-39,43-4)31-13-16-33(31,3)19-38-20-34(14-6-8-25-17-27(36)10-11-28(25)34)22-44-30-12-9-26(18-29(30)38)32(40)37-45(41,42)24(23)2/h5,9-12,15,17-18,21,23-24,31H,6-8,13-14,16,19-20,22H2,1-4H3,(H,37,40)/b15-5+/t23-,24+,31+,33?,34-,35-/m0/s1. The highest BCUT2D eigenvalue weighted by Crippen LogP contribution is 2.55. The van der Waals surface area contributed by atoms with Gasteiger partial charge in [-0.1, -0.05) is 37.6 Å². The summed E-state index contributed by atoms with van der Waals surface area (Å²) in [4.78, 5) is 28.6. The van der Waals surface area contributed by atoms with Crippen LogP contribution in [0.25, 0.3) is 0 Å². The fourth-order valence-electron chi connectivity index (χ4n) is 8.15. The number of aldehydes is 1. The molecule has 2 bridgehead atoms. The number of carbonyl (C=O) groups excluding carboxylic acids is 2. The van der Waals surface area contributed by atoms with E-state index < -0.39 is 26.8 Å². The number of benzene rings is 2. The molecule has 242 valence electrons. The molecule has 2 aliphatic carbocycles. The molecule has 0 saturated heterocycles. The number of hydrogen-bond donors (Lipinski definition) is 1. The van der Waals surface area contributed by atoms with Crippen LogP contribution in [0.15, 0.2) is 48.6 Å². The molecular weight excluding hydrogens is 612 g/mol. The minimum absolute atomic E-state index is 0.0966. The van der Waals surface area contributed by atoms with Gasteiger partial charge in [0, 0.05) is 42.1 Å². The lowest BCUT2D eigenvalue weighted by molar-refractivity contribution is -0.145. The number of nitrogens with zero attached hydrogens (tertiary/aromatic N) is 1. The van der Waals surface area contributed by atoms with Gasteiger partial charge in [0.15, 0.2) is 6.29 Å². The van der Waals surface area contributed by atoms with E-state index >= 15 is 0 Å². The minimum atomic E-state index is -3.98. The average molecular weight is 655 g/mol. The zero-order valence-corrected chi connectivity index (χ0v) is 28.0. The van der Waals surface area contributed by atoms with Crippen LogP contribution in [0, 0.1) is 17.3 Å². The Bertz CT molecular complexity index is 1640. The van der Waals surface area contributed by atoms with Gasteiger partial charge in [-0.2, -0.15) is 0 Å². The Morgan fingerprint density at radius 2 is 1.93 bits per heavy atom. The SMILES string of the molecule is CO[C@]1(C=O)/C=C/C[C@H](C)[C@@H](C)S(=O)(=O)NC(=O)c2ccc3c(c2)N(CC2(C)CC[C@H]21)C[C@@]1(CCCc2cc(Cl)ccc21)CO3. The van der Waals surface area contributed by atoms with Crippen molar-refractivity contribution in [1.29, 1.82) is 0 Å². The van der Waals surface area contributed by atoms with Crippen LogP contribution in [0.3, 0.4) is 0 Å². The molecule has 45 heavy (non-hydrogen) atoms.